The summed E-state index contributed by atoms with van der Waals surface area (Å²) in [5.41, 5.74) is 1.98. The van der Waals surface area contributed by atoms with E-state index >= 15 is 0 Å². The highest BCUT2D eigenvalue weighted by Gasteiger charge is 2.24. The minimum atomic E-state index is -1.08. The number of hydrogen-bond donors (Lipinski definition) is 1. The van der Waals surface area contributed by atoms with E-state index in [9.17, 15) is 4.79 Å². The van der Waals surface area contributed by atoms with Crippen molar-refractivity contribution < 1.29 is 14.3 Å². The van der Waals surface area contributed by atoms with E-state index in [1.807, 2.05) is 12.1 Å². The molecule has 1 aromatic heterocycles. The van der Waals surface area contributed by atoms with Crippen molar-refractivity contribution in [2.75, 3.05) is 0 Å². The molecule has 18 heavy (non-hydrogen) atoms. The summed E-state index contributed by atoms with van der Waals surface area (Å²) < 4.78 is 6.16. The molecule has 0 saturated heterocycles. The van der Waals surface area contributed by atoms with Gasteiger partial charge in [0.1, 0.15) is 6.26 Å². The zero-order valence-corrected chi connectivity index (χ0v) is 11.0. The van der Waals surface area contributed by atoms with Gasteiger partial charge in [0.15, 0.2) is 5.69 Å². The molecule has 1 N–H and O–H groups in total. The van der Waals surface area contributed by atoms with E-state index in [1.54, 1.807) is 0 Å². The van der Waals surface area contributed by atoms with Crippen molar-refractivity contribution in [3.63, 3.8) is 0 Å². The molecule has 1 heterocycles. The fraction of sp³-hybridized carbons (Fsp3) is 0.231. The molecule has 4 nitrogen and oxygen atoms in total. The molecular formula is C13H10BrNO3. The number of rotatable bonds is 3. The number of hydrogen-bond acceptors (Lipinski definition) is 3. The lowest BCUT2D eigenvalue weighted by Crippen LogP contribution is -1.95. The first-order valence-electron chi connectivity index (χ1n) is 5.63. The summed E-state index contributed by atoms with van der Waals surface area (Å²) in [6.45, 7) is 0. The summed E-state index contributed by atoms with van der Waals surface area (Å²) in [5, 5.41) is 8.82. The second kappa shape index (κ2) is 4.24. The number of halogens is 1. The van der Waals surface area contributed by atoms with Crippen LogP contribution in [0, 0.1) is 0 Å². The largest absolute Gasteiger partial charge is 0.476 e. The number of aromatic nitrogens is 1. The minimum Gasteiger partial charge on any atom is -0.476 e. The van der Waals surface area contributed by atoms with Gasteiger partial charge in [-0.2, -0.15) is 0 Å². The SMILES string of the molecule is O=C(O)c1coc(-c2cc(Br)cc(C3CC3)c2)n1. The lowest BCUT2D eigenvalue weighted by Gasteiger charge is -2.02. The van der Waals surface area contributed by atoms with E-state index in [-0.39, 0.29) is 5.69 Å². The van der Waals surface area contributed by atoms with E-state index in [2.05, 4.69) is 27.0 Å². The Morgan fingerprint density at radius 2 is 2.17 bits per heavy atom. The number of carboxylic acid groups (broad SMARTS) is 1. The Morgan fingerprint density at radius 1 is 1.39 bits per heavy atom. The molecule has 0 amide bonds. The predicted molar refractivity (Wildman–Crippen MR) is 68.6 cm³/mol. The van der Waals surface area contributed by atoms with E-state index in [0.29, 0.717) is 11.8 Å². The topological polar surface area (TPSA) is 63.3 Å². The first kappa shape index (κ1) is 11.5. The number of carboxylic acids is 1. The normalized spacial score (nSPS) is 14.7. The standard InChI is InChI=1S/C13H10BrNO3/c14-10-4-8(7-1-2-7)3-9(5-10)12-15-11(6-18-12)13(16)17/h3-7H,1-2H2,(H,16,17). The Balaban J connectivity index is 2.01. The van der Waals surface area contributed by atoms with Crippen LogP contribution in [0.5, 0.6) is 0 Å². The first-order chi connectivity index (χ1) is 8.63. The second-order valence-corrected chi connectivity index (χ2v) is 5.31. The summed E-state index contributed by atoms with van der Waals surface area (Å²) in [6, 6.07) is 5.98. The Kier molecular flexibility index (Phi) is 2.70. The Hall–Kier alpha value is -1.62. The van der Waals surface area contributed by atoms with E-state index in [0.717, 1.165) is 16.3 Å². The monoisotopic (exact) mass is 307 g/mol. The lowest BCUT2D eigenvalue weighted by atomic mass is 10.1. The molecule has 1 aliphatic carbocycles. The van der Waals surface area contributed by atoms with Gasteiger partial charge in [0.05, 0.1) is 0 Å². The predicted octanol–water partition coefficient (Wildman–Crippen LogP) is 3.68. The van der Waals surface area contributed by atoms with Crippen LogP contribution in [0.2, 0.25) is 0 Å². The zero-order chi connectivity index (χ0) is 12.7. The molecule has 3 rings (SSSR count). The number of aromatic carboxylic acids is 1. The third-order valence-corrected chi connectivity index (χ3v) is 3.40. The maximum Gasteiger partial charge on any atom is 0.357 e. The van der Waals surface area contributed by atoms with Crippen LogP contribution in [0.3, 0.4) is 0 Å². The van der Waals surface area contributed by atoms with Crippen molar-refractivity contribution >= 4 is 21.9 Å². The Bertz CT molecular complexity index is 616. The third-order valence-electron chi connectivity index (χ3n) is 2.94. The highest BCUT2D eigenvalue weighted by atomic mass is 79.9. The molecule has 2 aromatic rings. The number of benzene rings is 1. The van der Waals surface area contributed by atoms with Gasteiger partial charge < -0.3 is 9.52 Å². The number of nitrogens with zero attached hydrogens (tertiary/aromatic N) is 1. The van der Waals surface area contributed by atoms with Gasteiger partial charge in [-0.3, -0.25) is 0 Å². The number of oxazole rings is 1. The summed E-state index contributed by atoms with van der Waals surface area (Å²) in [4.78, 5) is 14.7. The van der Waals surface area contributed by atoms with Crippen molar-refractivity contribution in [1.29, 1.82) is 0 Å². The van der Waals surface area contributed by atoms with Crippen molar-refractivity contribution in [3.05, 3.63) is 40.2 Å². The van der Waals surface area contributed by atoms with Crippen LogP contribution in [0.1, 0.15) is 34.8 Å². The molecule has 1 aliphatic rings. The van der Waals surface area contributed by atoms with E-state index in [4.69, 9.17) is 9.52 Å². The van der Waals surface area contributed by atoms with Gasteiger partial charge in [0.25, 0.3) is 0 Å². The summed E-state index contributed by atoms with van der Waals surface area (Å²) in [5.74, 6) is -0.117. The molecule has 0 bridgehead atoms. The highest BCUT2D eigenvalue weighted by Crippen LogP contribution is 2.42. The zero-order valence-electron chi connectivity index (χ0n) is 9.39. The molecule has 1 saturated carbocycles. The van der Waals surface area contributed by atoms with Crippen LogP contribution >= 0.6 is 15.9 Å². The molecule has 0 unspecified atom stereocenters. The molecule has 92 valence electrons. The lowest BCUT2D eigenvalue weighted by molar-refractivity contribution is 0.0690. The smallest absolute Gasteiger partial charge is 0.357 e. The van der Waals surface area contributed by atoms with Crippen LogP contribution in [0.25, 0.3) is 11.5 Å². The van der Waals surface area contributed by atoms with Gasteiger partial charge in [-0.25, -0.2) is 9.78 Å². The molecule has 1 fully saturated rings. The van der Waals surface area contributed by atoms with Gasteiger partial charge in [-0.05, 0) is 42.5 Å². The van der Waals surface area contributed by atoms with Crippen LogP contribution in [-0.4, -0.2) is 16.1 Å². The van der Waals surface area contributed by atoms with Gasteiger partial charge in [-0.15, -0.1) is 0 Å². The number of carbonyl (C=O) groups is 1. The summed E-state index contributed by atoms with van der Waals surface area (Å²) in [7, 11) is 0. The van der Waals surface area contributed by atoms with Crippen molar-refractivity contribution in [2.45, 2.75) is 18.8 Å². The van der Waals surface area contributed by atoms with Crippen molar-refractivity contribution in [1.82, 2.24) is 4.98 Å². The molecule has 0 spiro atoms. The third kappa shape index (κ3) is 2.18. The quantitative estimate of drug-likeness (QED) is 0.939. The summed E-state index contributed by atoms with van der Waals surface area (Å²) >= 11 is 3.46. The van der Waals surface area contributed by atoms with Gasteiger partial charge >= 0.3 is 5.97 Å². The first-order valence-corrected chi connectivity index (χ1v) is 6.42. The van der Waals surface area contributed by atoms with Crippen LogP contribution in [0.15, 0.2) is 33.4 Å². The Labute approximate surface area is 112 Å². The summed E-state index contributed by atoms with van der Waals surface area (Å²) in [6.07, 6.45) is 3.58. The molecular weight excluding hydrogens is 298 g/mol. The fourth-order valence-corrected chi connectivity index (χ4v) is 2.40. The second-order valence-electron chi connectivity index (χ2n) is 4.39. The van der Waals surface area contributed by atoms with Crippen LogP contribution < -0.4 is 0 Å². The van der Waals surface area contributed by atoms with Gasteiger partial charge in [-0.1, -0.05) is 15.9 Å². The van der Waals surface area contributed by atoms with E-state index in [1.165, 1.54) is 18.4 Å². The molecule has 0 radical (unpaired) electrons. The van der Waals surface area contributed by atoms with Gasteiger partial charge in [0, 0.05) is 10.0 Å². The van der Waals surface area contributed by atoms with Crippen LogP contribution in [0.4, 0.5) is 0 Å². The molecule has 0 aliphatic heterocycles. The van der Waals surface area contributed by atoms with Crippen molar-refractivity contribution in [2.24, 2.45) is 0 Å². The fourth-order valence-electron chi connectivity index (χ4n) is 1.89. The molecule has 1 aromatic carbocycles. The van der Waals surface area contributed by atoms with Crippen LogP contribution in [-0.2, 0) is 0 Å². The van der Waals surface area contributed by atoms with Crippen molar-refractivity contribution in [3.8, 4) is 11.5 Å². The van der Waals surface area contributed by atoms with E-state index < -0.39 is 5.97 Å². The highest BCUT2D eigenvalue weighted by molar-refractivity contribution is 9.10. The average Bonchev–Trinajstić information content (AvgIpc) is 3.05. The maximum atomic E-state index is 10.8. The van der Waals surface area contributed by atoms with Gasteiger partial charge in [0.2, 0.25) is 5.89 Å². The maximum absolute atomic E-state index is 10.8. The molecule has 0 atom stereocenters. The minimum absolute atomic E-state index is 0.0713. The molecule has 5 heteroatoms. The average molecular weight is 308 g/mol. The Morgan fingerprint density at radius 3 is 2.78 bits per heavy atom.